The molecule has 0 saturated carbocycles. The van der Waals surface area contributed by atoms with Gasteiger partial charge in [0.2, 0.25) is 47.3 Å². The number of para-hydroxylation sites is 1. The highest BCUT2D eigenvalue weighted by molar-refractivity contribution is 5.98. The molecule has 7 aromatic rings. The normalized spacial score (nSPS) is 13.9. The van der Waals surface area contributed by atoms with Crippen molar-refractivity contribution in [2.45, 2.75) is 120 Å². The summed E-state index contributed by atoms with van der Waals surface area (Å²) >= 11 is 0. The van der Waals surface area contributed by atoms with Crippen molar-refractivity contribution in [3.63, 3.8) is 0 Å². The monoisotopic (exact) mass is 1180 g/mol. The number of phenols is 1. The molecule has 0 aliphatic heterocycles. The van der Waals surface area contributed by atoms with Gasteiger partial charge < -0.3 is 64.5 Å². The molecular weight excluding hydrogens is 1100 g/mol. The van der Waals surface area contributed by atoms with Crippen molar-refractivity contribution in [2.24, 2.45) is 23.1 Å². The van der Waals surface area contributed by atoms with Crippen LogP contribution >= 0.6 is 0 Å². The van der Waals surface area contributed by atoms with E-state index in [9.17, 15) is 33.9 Å². The molecule has 15 N–H and O–H groups in total. The molecule has 0 aliphatic rings. The Morgan fingerprint density at radius 2 is 0.805 bits per heavy atom. The topological polar surface area (TPSA) is 335 Å². The molecule has 20 nitrogen and oxygen atoms in total. The minimum absolute atomic E-state index is 0.0174. The zero-order chi connectivity index (χ0) is 62.2. The standard InChI is InChI=1S/C67H79N11O9/c1-42(2)59(67(87)77-57(38-46-25-13-6-14-26-46)63(83)73-54(60(70)80)36-44-21-9-4-10-22-44)78-62(82)53(29-17-18-34-68)72-66(86)58(40-48-41-71-52-28-16-15-27-50(48)52)76-65(85)56(39-47-30-32-49(79)33-31-47)75-64(84)55(37-45-23-11-5-12-24-45)74-61(81)51(69)35-43-19-7-3-8-20-43/h3-16,19-28,30-33,41-42,51,53-59,71,79H,17-18,29,34-40,68-69H2,1-2H3,(H2,70,80)(H,72,86)(H,73,83)(H,74,81)(H,75,84)(H,76,85)(H,77,87)(H,78,82)/t51-,53+,54-,55+,56+,57+,58-,59+/m1/s1. The molecule has 0 fully saturated rings. The lowest BCUT2D eigenvalue weighted by Gasteiger charge is -2.29. The van der Waals surface area contributed by atoms with Gasteiger partial charge in [-0.1, -0.05) is 166 Å². The summed E-state index contributed by atoms with van der Waals surface area (Å²) in [7, 11) is 0. The number of unbranched alkanes of at least 4 members (excludes halogenated alkanes) is 1. The Morgan fingerprint density at radius 1 is 0.425 bits per heavy atom. The van der Waals surface area contributed by atoms with E-state index in [4.69, 9.17) is 17.2 Å². The van der Waals surface area contributed by atoms with Crippen LogP contribution in [0.25, 0.3) is 10.9 Å². The summed E-state index contributed by atoms with van der Waals surface area (Å²) < 4.78 is 0. The van der Waals surface area contributed by atoms with Gasteiger partial charge in [-0.25, -0.2) is 0 Å². The molecule has 1 aromatic heterocycles. The predicted octanol–water partition coefficient (Wildman–Crippen LogP) is 3.62. The van der Waals surface area contributed by atoms with Crippen LogP contribution in [0.15, 0.2) is 176 Å². The second kappa shape index (κ2) is 32.6. The Kier molecular flexibility index (Phi) is 24.3. The number of fused-ring (bicyclic) bond motifs is 1. The van der Waals surface area contributed by atoms with E-state index in [-0.39, 0.29) is 57.2 Å². The highest BCUT2D eigenvalue weighted by Crippen LogP contribution is 2.21. The van der Waals surface area contributed by atoms with Gasteiger partial charge in [0.25, 0.3) is 0 Å². The zero-order valence-electron chi connectivity index (χ0n) is 49.0. The van der Waals surface area contributed by atoms with Crippen LogP contribution in [0.1, 0.15) is 66.5 Å². The van der Waals surface area contributed by atoms with Crippen LogP contribution in [0.2, 0.25) is 0 Å². The number of aromatic nitrogens is 1. The number of benzene rings is 6. The number of nitrogens with one attached hydrogen (secondary N) is 8. The summed E-state index contributed by atoms with van der Waals surface area (Å²) in [4.78, 5) is 118. The van der Waals surface area contributed by atoms with Crippen LogP contribution in [0.5, 0.6) is 5.75 Å². The van der Waals surface area contributed by atoms with Crippen LogP contribution in [0.4, 0.5) is 0 Å². The van der Waals surface area contributed by atoms with E-state index in [2.05, 4.69) is 42.2 Å². The van der Waals surface area contributed by atoms with Gasteiger partial charge in [-0.05, 0) is 89.7 Å². The van der Waals surface area contributed by atoms with Gasteiger partial charge in [-0.15, -0.1) is 0 Å². The van der Waals surface area contributed by atoms with Crippen LogP contribution in [0.3, 0.4) is 0 Å². The molecule has 456 valence electrons. The summed E-state index contributed by atoms with van der Waals surface area (Å²) in [5, 5.41) is 30.7. The third-order valence-electron chi connectivity index (χ3n) is 15.0. The Labute approximate surface area is 506 Å². The van der Waals surface area contributed by atoms with Crippen LogP contribution in [-0.4, -0.2) is 112 Å². The van der Waals surface area contributed by atoms with Crippen LogP contribution < -0.4 is 54.4 Å². The number of hydrogen-bond donors (Lipinski definition) is 12. The number of primary amides is 1. The lowest BCUT2D eigenvalue weighted by Crippen LogP contribution is -2.61. The van der Waals surface area contributed by atoms with E-state index >= 15 is 9.59 Å². The van der Waals surface area contributed by atoms with Gasteiger partial charge >= 0.3 is 0 Å². The average Bonchev–Trinajstić information content (AvgIpc) is 2.56. The van der Waals surface area contributed by atoms with E-state index in [1.54, 1.807) is 111 Å². The second-order valence-electron chi connectivity index (χ2n) is 22.1. The molecule has 7 rings (SSSR count). The van der Waals surface area contributed by atoms with Gasteiger partial charge in [0.1, 0.15) is 48.0 Å². The van der Waals surface area contributed by atoms with Crippen molar-refractivity contribution in [3.05, 3.63) is 209 Å². The number of aromatic hydroxyl groups is 1. The van der Waals surface area contributed by atoms with Gasteiger partial charge in [0.05, 0.1) is 6.04 Å². The summed E-state index contributed by atoms with van der Waals surface area (Å²) in [6.45, 7) is 3.69. The largest absolute Gasteiger partial charge is 0.508 e. The first-order valence-electron chi connectivity index (χ1n) is 29.3. The molecular formula is C67H79N11O9. The number of carbonyl (C=O) groups excluding carboxylic acids is 8. The molecule has 0 aliphatic carbocycles. The highest BCUT2D eigenvalue weighted by atomic mass is 16.3. The van der Waals surface area contributed by atoms with Crippen LogP contribution in [-0.2, 0) is 76.9 Å². The predicted molar refractivity (Wildman–Crippen MR) is 333 cm³/mol. The molecule has 0 radical (unpaired) electrons. The molecule has 1 heterocycles. The number of rotatable bonds is 32. The molecule has 6 aromatic carbocycles. The van der Waals surface area contributed by atoms with E-state index in [1.807, 2.05) is 66.7 Å². The number of nitrogens with two attached hydrogens (primary N) is 3. The first-order valence-corrected chi connectivity index (χ1v) is 29.3. The Bertz CT molecular complexity index is 3390. The molecule has 0 bridgehead atoms. The SMILES string of the molecule is CC(C)[C@H](NC(=O)[C@H](CCCCN)NC(=O)[C@@H](Cc1c[nH]c2ccccc12)NC(=O)[C@H](Cc1ccc(O)cc1)NC(=O)[C@H](Cc1ccccc1)NC(=O)[C@H](N)Cc1ccccc1)C(=O)N[C@@H](Cc1ccccc1)C(=O)N[C@H](Cc1ccccc1)C(N)=O. The zero-order valence-corrected chi connectivity index (χ0v) is 49.0. The van der Waals surface area contributed by atoms with Crippen molar-refractivity contribution >= 4 is 58.2 Å². The fourth-order valence-corrected chi connectivity index (χ4v) is 10.1. The second-order valence-corrected chi connectivity index (χ2v) is 22.1. The van der Waals surface area contributed by atoms with Crippen molar-refractivity contribution in [1.82, 2.24) is 42.2 Å². The van der Waals surface area contributed by atoms with Crippen molar-refractivity contribution < 1.29 is 43.5 Å². The van der Waals surface area contributed by atoms with Crippen molar-refractivity contribution in [2.75, 3.05) is 6.54 Å². The molecule has 0 saturated heterocycles. The maximum absolute atomic E-state index is 15.1. The number of H-pyrrole nitrogens is 1. The Hall–Kier alpha value is -9.66. The summed E-state index contributed by atoms with van der Waals surface area (Å²) in [5.41, 5.74) is 23.0. The van der Waals surface area contributed by atoms with Gasteiger partial charge in [-0.3, -0.25) is 38.4 Å². The molecule has 0 spiro atoms. The van der Waals surface area contributed by atoms with E-state index in [0.29, 0.717) is 35.1 Å². The number of aromatic amines is 1. The Morgan fingerprint density at radius 3 is 1.28 bits per heavy atom. The highest BCUT2D eigenvalue weighted by Gasteiger charge is 2.36. The molecule has 0 unspecified atom stereocenters. The number of carbonyl (C=O) groups is 8. The van der Waals surface area contributed by atoms with Gasteiger partial charge in [0, 0.05) is 49.2 Å². The number of amides is 8. The van der Waals surface area contributed by atoms with Crippen LogP contribution in [0, 0.1) is 5.92 Å². The lowest BCUT2D eigenvalue weighted by atomic mass is 9.99. The average molecular weight is 1180 g/mol. The molecule has 20 heteroatoms. The fourth-order valence-electron chi connectivity index (χ4n) is 10.1. The molecule has 8 amide bonds. The maximum Gasteiger partial charge on any atom is 0.243 e. The maximum atomic E-state index is 15.1. The van der Waals surface area contributed by atoms with Crippen molar-refractivity contribution in [1.29, 1.82) is 0 Å². The fraction of sp³-hybridized carbons (Fsp3) is 0.313. The van der Waals surface area contributed by atoms with Crippen molar-refractivity contribution in [3.8, 4) is 5.75 Å². The third kappa shape index (κ3) is 20.0. The first-order chi connectivity index (χ1) is 41.9. The smallest absolute Gasteiger partial charge is 0.243 e. The summed E-state index contributed by atoms with van der Waals surface area (Å²) in [5.74, 6) is -6.39. The number of phenolic OH excluding ortho intramolecular Hbond substituents is 1. The van der Waals surface area contributed by atoms with Gasteiger partial charge in [0.15, 0.2) is 0 Å². The summed E-state index contributed by atoms with van der Waals surface area (Å²) in [6.07, 6.45) is 2.72. The third-order valence-corrected chi connectivity index (χ3v) is 15.0. The number of hydrogen-bond acceptors (Lipinski definition) is 11. The van der Waals surface area contributed by atoms with E-state index in [0.717, 1.165) is 22.0 Å². The van der Waals surface area contributed by atoms with E-state index in [1.165, 1.54) is 12.1 Å². The Balaban J connectivity index is 1.15. The molecule has 8 atom stereocenters. The first kappa shape index (κ1) is 64.9. The van der Waals surface area contributed by atoms with E-state index < -0.39 is 102 Å². The lowest BCUT2D eigenvalue weighted by molar-refractivity contribution is -0.136. The minimum atomic E-state index is -1.40. The minimum Gasteiger partial charge on any atom is -0.508 e. The molecule has 87 heavy (non-hydrogen) atoms. The quantitative estimate of drug-likeness (QED) is 0.0270. The van der Waals surface area contributed by atoms with Gasteiger partial charge in [-0.2, -0.15) is 0 Å². The summed E-state index contributed by atoms with van der Waals surface area (Å²) in [6, 6.07) is 39.6.